The van der Waals surface area contributed by atoms with Gasteiger partial charge in [0.05, 0.1) is 6.04 Å². The van der Waals surface area contributed by atoms with Crippen molar-refractivity contribution < 1.29 is 58.2 Å². The first kappa shape index (κ1) is 56.5. The summed E-state index contributed by atoms with van der Waals surface area (Å²) in [4.78, 5) is 134. The summed E-state index contributed by atoms with van der Waals surface area (Å²) in [6.07, 6.45) is -0.241. The van der Waals surface area contributed by atoms with Gasteiger partial charge in [-0.05, 0) is 70.4 Å². The van der Waals surface area contributed by atoms with Crippen LogP contribution in [-0.2, 0) is 47.9 Å². The number of carboxylic acids is 2. The average Bonchev–Trinajstić information content (AvgIpc) is 3.20. The van der Waals surface area contributed by atoms with Gasteiger partial charge in [-0.25, -0.2) is 0 Å². The summed E-state index contributed by atoms with van der Waals surface area (Å²) in [5.74, 6) is -9.67. The Kier molecular flexibility index (Phi) is 28.2. The van der Waals surface area contributed by atoms with E-state index in [-0.39, 0.29) is 82.1 Å². The van der Waals surface area contributed by atoms with Crippen LogP contribution in [0.2, 0.25) is 0 Å². The number of thioether (sulfide) groups is 1. The van der Waals surface area contributed by atoms with E-state index >= 15 is 0 Å². The van der Waals surface area contributed by atoms with Gasteiger partial charge >= 0.3 is 11.9 Å². The number of carbonyl (C=O) groups excluding carboxylic acids is 8. The number of nitrogens with two attached hydrogens (primary N) is 6. The summed E-state index contributed by atoms with van der Waals surface area (Å²) in [5, 5.41) is 35.3. The molecule has 8 amide bonds. The molecule has 0 radical (unpaired) electrons. The van der Waals surface area contributed by atoms with Gasteiger partial charge in [0, 0.05) is 32.4 Å². The fraction of sp³-hybridized carbons (Fsp3) is 0.657. The number of likely N-dealkylation sites (N-methyl/N-ethyl adjacent to an activating group) is 1. The number of aliphatic imine (C=N–C) groups is 2. The lowest BCUT2D eigenvalue weighted by atomic mass is 10.0. The molecule has 356 valence electrons. The molecule has 0 aliphatic heterocycles. The van der Waals surface area contributed by atoms with Gasteiger partial charge in [-0.3, -0.25) is 57.9 Å². The predicted molar refractivity (Wildman–Crippen MR) is 230 cm³/mol. The maximum Gasteiger partial charge on any atom is 0.322 e. The van der Waals surface area contributed by atoms with Crippen LogP contribution in [0.1, 0.15) is 70.6 Å². The molecule has 0 rings (SSSR count). The van der Waals surface area contributed by atoms with Gasteiger partial charge in [0.25, 0.3) is 0 Å². The molecule has 27 nitrogen and oxygen atoms in total. The van der Waals surface area contributed by atoms with E-state index in [2.05, 4.69) is 47.2 Å². The molecule has 0 fully saturated rings. The number of nitrogens with zero attached hydrogens (tertiary/aromatic N) is 2. The lowest BCUT2D eigenvalue weighted by molar-refractivity contribution is -0.138. The third-order valence-electron chi connectivity index (χ3n) is 8.78. The predicted octanol–water partition coefficient (Wildman–Crippen LogP) is -6.54. The zero-order chi connectivity index (χ0) is 48.1. The van der Waals surface area contributed by atoms with E-state index < -0.39 is 121 Å². The maximum absolute atomic E-state index is 13.8. The smallest absolute Gasteiger partial charge is 0.322 e. The first-order chi connectivity index (χ1) is 29.6. The lowest BCUT2D eigenvalue weighted by Crippen LogP contribution is -2.59. The summed E-state index contributed by atoms with van der Waals surface area (Å²) < 4.78 is 0. The van der Waals surface area contributed by atoms with E-state index in [9.17, 15) is 53.1 Å². The number of nitrogens with one attached hydrogen (secondary N) is 7. The molecule has 0 aliphatic carbocycles. The van der Waals surface area contributed by atoms with E-state index in [1.807, 2.05) is 0 Å². The average molecular weight is 918 g/mol. The van der Waals surface area contributed by atoms with Gasteiger partial charge in [0.2, 0.25) is 47.3 Å². The Hall–Kier alpha value is -6.45. The number of rotatable bonds is 34. The maximum atomic E-state index is 13.8. The minimum atomic E-state index is -1.54. The molecular weight excluding hydrogens is 855 g/mol. The zero-order valence-corrected chi connectivity index (χ0v) is 36.1. The molecule has 6 unspecified atom stereocenters. The normalized spacial score (nSPS) is 13.5. The summed E-state index contributed by atoms with van der Waals surface area (Å²) in [7, 11) is 1.39. The minimum absolute atomic E-state index is 0.0266. The van der Waals surface area contributed by atoms with Crippen molar-refractivity contribution in [2.75, 3.05) is 38.7 Å². The van der Waals surface area contributed by atoms with Crippen molar-refractivity contribution in [3.05, 3.63) is 0 Å². The molecule has 0 saturated carbocycles. The summed E-state index contributed by atoms with van der Waals surface area (Å²) in [5.41, 5.74) is 32.3. The quantitative estimate of drug-likeness (QED) is 0.0162. The number of aliphatic carboxylic acids is 2. The highest BCUT2D eigenvalue weighted by molar-refractivity contribution is 7.98. The van der Waals surface area contributed by atoms with E-state index in [4.69, 9.17) is 39.5 Å². The summed E-state index contributed by atoms with van der Waals surface area (Å²) in [6, 6.07) is -8.12. The van der Waals surface area contributed by atoms with Crippen LogP contribution in [0, 0.1) is 0 Å². The lowest BCUT2D eigenvalue weighted by Gasteiger charge is -2.27. The number of amides is 8. The van der Waals surface area contributed by atoms with Crippen molar-refractivity contribution >= 4 is 82.9 Å². The number of hydrogen-bond acceptors (Lipinski definition) is 14. The van der Waals surface area contributed by atoms with Crippen molar-refractivity contribution in [1.82, 2.24) is 37.2 Å². The second-order valence-electron chi connectivity index (χ2n) is 13.9. The van der Waals surface area contributed by atoms with Crippen LogP contribution in [-0.4, -0.2) is 156 Å². The number of carboxylic acid groups (broad SMARTS) is 2. The molecule has 63 heavy (non-hydrogen) atoms. The number of guanidine groups is 2. The molecule has 0 saturated heterocycles. The van der Waals surface area contributed by atoms with Gasteiger partial charge < -0.3 is 81.8 Å². The zero-order valence-electron chi connectivity index (χ0n) is 35.3. The molecule has 21 N–H and O–H groups in total. The molecule has 0 aliphatic rings. The van der Waals surface area contributed by atoms with Crippen LogP contribution >= 0.6 is 11.8 Å². The van der Waals surface area contributed by atoms with Crippen LogP contribution in [0.5, 0.6) is 0 Å². The van der Waals surface area contributed by atoms with Crippen molar-refractivity contribution in [2.45, 2.75) is 107 Å². The Balaban J connectivity index is 6.42. The molecular formula is C35H63N15O12S. The van der Waals surface area contributed by atoms with Crippen LogP contribution in [0.25, 0.3) is 0 Å². The second kappa shape index (κ2) is 31.4. The van der Waals surface area contributed by atoms with E-state index in [1.54, 1.807) is 6.26 Å². The molecule has 0 aromatic carbocycles. The van der Waals surface area contributed by atoms with Gasteiger partial charge in [-0.1, -0.05) is 0 Å². The number of primary amides is 2. The Morgan fingerprint density at radius 3 is 1.32 bits per heavy atom. The Bertz CT molecular complexity index is 1640. The summed E-state index contributed by atoms with van der Waals surface area (Å²) >= 11 is 1.29. The third-order valence-corrected chi connectivity index (χ3v) is 9.43. The molecule has 0 aromatic rings. The first-order valence-electron chi connectivity index (χ1n) is 19.7. The SMILES string of the molecule is CNC(CCC(=O)NCC(=O)O)C(=O)NC(CCC(=O)O)C(=O)NC(CCSC)C(=O)NC(CCC(N)=O)C(=O)NC(CCCN=C(N)N)C(=O)NC(CCCN=C(N)N)C(N)=O. The van der Waals surface area contributed by atoms with Gasteiger partial charge in [-0.2, -0.15) is 11.8 Å². The van der Waals surface area contributed by atoms with Gasteiger partial charge in [0.1, 0.15) is 36.8 Å². The molecule has 0 aromatic heterocycles. The van der Waals surface area contributed by atoms with Crippen LogP contribution in [0.4, 0.5) is 0 Å². The first-order valence-corrected chi connectivity index (χ1v) is 21.1. The molecule has 0 bridgehead atoms. The topological polar surface area (TPSA) is 476 Å². The van der Waals surface area contributed by atoms with E-state index in [1.165, 1.54) is 18.8 Å². The van der Waals surface area contributed by atoms with Crippen LogP contribution < -0.4 is 71.6 Å². The molecule has 28 heteroatoms. The highest BCUT2D eigenvalue weighted by Gasteiger charge is 2.33. The summed E-state index contributed by atoms with van der Waals surface area (Å²) in [6.45, 7) is -0.486. The van der Waals surface area contributed by atoms with E-state index in [0.717, 1.165) is 0 Å². The van der Waals surface area contributed by atoms with Crippen molar-refractivity contribution in [3.63, 3.8) is 0 Å². The molecule has 0 spiro atoms. The van der Waals surface area contributed by atoms with Crippen molar-refractivity contribution in [1.29, 1.82) is 0 Å². The highest BCUT2D eigenvalue weighted by Crippen LogP contribution is 2.09. The minimum Gasteiger partial charge on any atom is -0.481 e. The molecule has 0 heterocycles. The Labute approximate surface area is 367 Å². The standard InChI is InChI=1S/C35H63N15O12S/c1-42-19(8-11-25(52)45-17-27(55)56)29(58)48-22(9-12-26(53)54)32(61)50-23(13-16-63-2)33(62)49-21(7-10-24(36)51)31(60)47-20(6-4-15-44-35(40)41)30(59)46-18(28(37)57)5-3-14-43-34(38)39/h18-23,42H,3-17H2,1-2H3,(H2,36,51)(H2,37,57)(H,45,52)(H,46,59)(H,47,60)(H,48,58)(H,49,62)(H,50,61)(H,53,54)(H,55,56)(H4,38,39,43)(H4,40,41,44). The largest absolute Gasteiger partial charge is 0.481 e. The van der Waals surface area contributed by atoms with Crippen molar-refractivity contribution in [2.24, 2.45) is 44.4 Å². The van der Waals surface area contributed by atoms with Gasteiger partial charge in [0.15, 0.2) is 11.9 Å². The fourth-order valence-electron chi connectivity index (χ4n) is 5.46. The number of carbonyl (C=O) groups is 10. The Morgan fingerprint density at radius 1 is 0.524 bits per heavy atom. The van der Waals surface area contributed by atoms with Crippen molar-refractivity contribution in [3.8, 4) is 0 Å². The Morgan fingerprint density at radius 2 is 0.921 bits per heavy atom. The molecule has 6 atom stereocenters. The number of hydrogen-bond donors (Lipinski definition) is 15. The van der Waals surface area contributed by atoms with Crippen LogP contribution in [0.15, 0.2) is 9.98 Å². The van der Waals surface area contributed by atoms with Gasteiger partial charge in [-0.15, -0.1) is 0 Å². The fourth-order valence-corrected chi connectivity index (χ4v) is 5.94. The second-order valence-corrected chi connectivity index (χ2v) is 14.9. The van der Waals surface area contributed by atoms with Crippen LogP contribution in [0.3, 0.4) is 0 Å². The monoisotopic (exact) mass is 917 g/mol. The van der Waals surface area contributed by atoms with E-state index in [0.29, 0.717) is 0 Å². The third kappa shape index (κ3) is 26.5. The highest BCUT2D eigenvalue weighted by atomic mass is 32.2.